The lowest BCUT2D eigenvalue weighted by molar-refractivity contribution is 0.0585. The summed E-state index contributed by atoms with van der Waals surface area (Å²) < 4.78 is 6.28. The molecule has 0 N–H and O–H groups in total. The Morgan fingerprint density at radius 1 is 1.47 bits per heavy atom. The highest BCUT2D eigenvalue weighted by Crippen LogP contribution is 2.17. The van der Waals surface area contributed by atoms with Gasteiger partial charge in [0.2, 0.25) is 0 Å². The molecule has 3 heteroatoms. The van der Waals surface area contributed by atoms with E-state index in [1.165, 1.54) is 0 Å². The van der Waals surface area contributed by atoms with Crippen LogP contribution in [0.15, 0.2) is 22.7 Å². The number of hydrogen-bond donors (Lipinski definition) is 0. The number of rotatable bonds is 4. The van der Waals surface area contributed by atoms with Crippen molar-refractivity contribution in [3.63, 3.8) is 0 Å². The highest BCUT2D eigenvalue weighted by Gasteiger charge is 2.08. The molecule has 0 spiro atoms. The third-order valence-electron chi connectivity index (χ3n) is 2.03. The standard InChI is InChI=1S/C12H15BrO2/c1-8(2)15-7-12(14)10-4-5-11(13)9(3)6-10/h4-6,8H,7H2,1-3H3. The molecule has 0 radical (unpaired) electrons. The second-order valence-corrected chi connectivity index (χ2v) is 4.60. The first-order valence-electron chi connectivity index (χ1n) is 4.91. The molecule has 0 amide bonds. The van der Waals surface area contributed by atoms with Crippen LogP contribution >= 0.6 is 15.9 Å². The van der Waals surface area contributed by atoms with Gasteiger partial charge in [-0.15, -0.1) is 0 Å². The van der Waals surface area contributed by atoms with Crippen LogP contribution in [0.4, 0.5) is 0 Å². The Kier molecular flexibility index (Phi) is 4.48. The smallest absolute Gasteiger partial charge is 0.188 e. The van der Waals surface area contributed by atoms with Crippen molar-refractivity contribution in [2.45, 2.75) is 26.9 Å². The number of aryl methyl sites for hydroxylation is 1. The van der Waals surface area contributed by atoms with Gasteiger partial charge in [0, 0.05) is 10.0 Å². The van der Waals surface area contributed by atoms with Crippen LogP contribution in [0.25, 0.3) is 0 Å². The van der Waals surface area contributed by atoms with E-state index in [9.17, 15) is 4.79 Å². The minimum absolute atomic E-state index is 0.0271. The van der Waals surface area contributed by atoms with Crippen molar-refractivity contribution < 1.29 is 9.53 Å². The lowest BCUT2D eigenvalue weighted by atomic mass is 10.1. The Balaban J connectivity index is 2.70. The van der Waals surface area contributed by atoms with E-state index in [1.807, 2.05) is 39.0 Å². The number of ketones is 1. The Labute approximate surface area is 98.8 Å². The molecule has 82 valence electrons. The molecule has 1 rings (SSSR count). The van der Waals surface area contributed by atoms with Crippen molar-refractivity contribution in [1.82, 2.24) is 0 Å². The van der Waals surface area contributed by atoms with Crippen molar-refractivity contribution in [3.05, 3.63) is 33.8 Å². The number of carbonyl (C=O) groups excluding carboxylic acids is 1. The Hall–Kier alpha value is -0.670. The molecule has 0 saturated carbocycles. The van der Waals surface area contributed by atoms with Crippen molar-refractivity contribution in [1.29, 1.82) is 0 Å². The predicted molar refractivity (Wildman–Crippen MR) is 64.3 cm³/mol. The zero-order valence-electron chi connectivity index (χ0n) is 9.21. The second-order valence-electron chi connectivity index (χ2n) is 3.75. The summed E-state index contributed by atoms with van der Waals surface area (Å²) in [4.78, 5) is 11.7. The molecule has 0 aromatic heterocycles. The van der Waals surface area contributed by atoms with Crippen molar-refractivity contribution in [3.8, 4) is 0 Å². The third kappa shape index (κ3) is 3.76. The van der Waals surface area contributed by atoms with Gasteiger partial charge in [-0.3, -0.25) is 4.79 Å². The fraction of sp³-hybridized carbons (Fsp3) is 0.417. The fourth-order valence-electron chi connectivity index (χ4n) is 1.14. The molecule has 1 aromatic rings. The topological polar surface area (TPSA) is 26.3 Å². The monoisotopic (exact) mass is 270 g/mol. The average Bonchev–Trinajstić information content (AvgIpc) is 2.18. The van der Waals surface area contributed by atoms with E-state index in [1.54, 1.807) is 0 Å². The number of carbonyl (C=O) groups is 1. The molecule has 0 saturated heterocycles. The van der Waals surface area contributed by atoms with E-state index in [2.05, 4.69) is 15.9 Å². The summed E-state index contributed by atoms with van der Waals surface area (Å²) in [5.41, 5.74) is 1.77. The Bertz CT molecular complexity index is 359. The summed E-state index contributed by atoms with van der Waals surface area (Å²) in [7, 11) is 0. The van der Waals surface area contributed by atoms with Gasteiger partial charge in [-0.1, -0.05) is 22.0 Å². The number of halogens is 1. The largest absolute Gasteiger partial charge is 0.371 e. The molecular formula is C12H15BrO2. The van der Waals surface area contributed by atoms with Gasteiger partial charge < -0.3 is 4.74 Å². The van der Waals surface area contributed by atoms with Gasteiger partial charge in [0.25, 0.3) is 0 Å². The van der Waals surface area contributed by atoms with Crippen LogP contribution < -0.4 is 0 Å². The van der Waals surface area contributed by atoms with E-state index in [0.29, 0.717) is 5.56 Å². The third-order valence-corrected chi connectivity index (χ3v) is 2.92. The Morgan fingerprint density at radius 2 is 2.13 bits per heavy atom. The van der Waals surface area contributed by atoms with Crippen LogP contribution in [-0.2, 0) is 4.74 Å². The normalized spacial score (nSPS) is 10.7. The van der Waals surface area contributed by atoms with Crippen molar-refractivity contribution >= 4 is 21.7 Å². The molecule has 0 aliphatic heterocycles. The van der Waals surface area contributed by atoms with E-state index >= 15 is 0 Å². The summed E-state index contributed by atoms with van der Waals surface area (Å²) >= 11 is 3.40. The minimum atomic E-state index is 0.0271. The molecule has 0 aliphatic carbocycles. The van der Waals surface area contributed by atoms with Gasteiger partial charge in [0.1, 0.15) is 6.61 Å². The van der Waals surface area contributed by atoms with Crippen LogP contribution in [0, 0.1) is 6.92 Å². The lowest BCUT2D eigenvalue weighted by Crippen LogP contribution is -2.13. The molecule has 1 aromatic carbocycles. The van der Waals surface area contributed by atoms with Gasteiger partial charge in [-0.2, -0.15) is 0 Å². The minimum Gasteiger partial charge on any atom is -0.371 e. The first-order valence-corrected chi connectivity index (χ1v) is 5.71. The first kappa shape index (κ1) is 12.4. The number of hydrogen-bond acceptors (Lipinski definition) is 2. The van der Waals surface area contributed by atoms with Crippen LogP contribution in [-0.4, -0.2) is 18.5 Å². The van der Waals surface area contributed by atoms with E-state index in [4.69, 9.17) is 4.74 Å². The molecule has 0 aliphatic rings. The first-order chi connectivity index (χ1) is 7.00. The maximum atomic E-state index is 11.7. The summed E-state index contributed by atoms with van der Waals surface area (Å²) in [6, 6.07) is 5.57. The van der Waals surface area contributed by atoms with E-state index in [0.717, 1.165) is 10.0 Å². The quantitative estimate of drug-likeness (QED) is 0.785. The van der Waals surface area contributed by atoms with Crippen LogP contribution in [0.3, 0.4) is 0 Å². The van der Waals surface area contributed by atoms with Gasteiger partial charge in [0.15, 0.2) is 5.78 Å². The zero-order chi connectivity index (χ0) is 11.4. The average molecular weight is 271 g/mol. The van der Waals surface area contributed by atoms with E-state index in [-0.39, 0.29) is 18.5 Å². The molecule has 0 bridgehead atoms. The summed E-state index contributed by atoms with van der Waals surface area (Å²) in [5, 5.41) is 0. The van der Waals surface area contributed by atoms with Gasteiger partial charge in [-0.25, -0.2) is 0 Å². The summed E-state index contributed by atoms with van der Waals surface area (Å²) in [6.07, 6.45) is 0.0884. The van der Waals surface area contributed by atoms with Crippen LogP contribution in [0.5, 0.6) is 0 Å². The molecule has 15 heavy (non-hydrogen) atoms. The van der Waals surface area contributed by atoms with Crippen LogP contribution in [0.2, 0.25) is 0 Å². The van der Waals surface area contributed by atoms with E-state index < -0.39 is 0 Å². The van der Waals surface area contributed by atoms with Crippen molar-refractivity contribution in [2.24, 2.45) is 0 Å². The second kappa shape index (κ2) is 5.42. The molecule has 0 heterocycles. The maximum Gasteiger partial charge on any atom is 0.188 e. The van der Waals surface area contributed by atoms with Crippen molar-refractivity contribution in [2.75, 3.05) is 6.61 Å². The highest BCUT2D eigenvalue weighted by atomic mass is 79.9. The lowest BCUT2D eigenvalue weighted by Gasteiger charge is -2.07. The number of benzene rings is 1. The number of ether oxygens (including phenoxy) is 1. The zero-order valence-corrected chi connectivity index (χ0v) is 10.8. The maximum absolute atomic E-state index is 11.7. The van der Waals surface area contributed by atoms with Gasteiger partial charge >= 0.3 is 0 Å². The molecular weight excluding hydrogens is 256 g/mol. The predicted octanol–water partition coefficient (Wildman–Crippen LogP) is 3.37. The molecule has 0 fully saturated rings. The summed E-state index contributed by atoms with van der Waals surface area (Å²) in [5.74, 6) is 0.0271. The SMILES string of the molecule is Cc1cc(C(=O)COC(C)C)ccc1Br. The molecule has 2 nitrogen and oxygen atoms in total. The van der Waals surface area contributed by atoms with Crippen LogP contribution in [0.1, 0.15) is 29.8 Å². The molecule has 0 unspecified atom stereocenters. The highest BCUT2D eigenvalue weighted by molar-refractivity contribution is 9.10. The van der Waals surface area contributed by atoms with Gasteiger partial charge in [0.05, 0.1) is 6.10 Å². The molecule has 0 atom stereocenters. The fourth-order valence-corrected chi connectivity index (χ4v) is 1.39. The van der Waals surface area contributed by atoms with Gasteiger partial charge in [-0.05, 0) is 38.5 Å². The number of Topliss-reactive ketones (excluding diaryl/α,β-unsaturated/α-hetero) is 1. The Morgan fingerprint density at radius 3 is 2.67 bits per heavy atom. The summed E-state index contributed by atoms with van der Waals surface area (Å²) in [6.45, 7) is 5.95.